The Balaban J connectivity index is 1.70. The van der Waals surface area contributed by atoms with Crippen molar-refractivity contribution in [2.45, 2.75) is 6.04 Å². The molecule has 6 nitrogen and oxygen atoms in total. The number of benzene rings is 3. The molecule has 0 fully saturated rings. The molecule has 0 bridgehead atoms. The number of ether oxygens (including phenoxy) is 1. The van der Waals surface area contributed by atoms with E-state index in [-0.39, 0.29) is 24.4 Å². The van der Waals surface area contributed by atoms with Crippen molar-refractivity contribution in [3.05, 3.63) is 95.6 Å². The third-order valence-corrected chi connectivity index (χ3v) is 6.47. The third-order valence-electron chi connectivity index (χ3n) is 6.47. The lowest BCUT2D eigenvalue weighted by Crippen LogP contribution is -2.40. The Bertz CT molecular complexity index is 1360. The minimum Gasteiger partial charge on any atom is -0.383 e. The first-order chi connectivity index (χ1) is 16.6. The van der Waals surface area contributed by atoms with E-state index in [0.29, 0.717) is 18.7 Å². The minimum absolute atomic E-state index is 0.0284. The van der Waals surface area contributed by atoms with E-state index < -0.39 is 0 Å². The highest BCUT2D eigenvalue weighted by Gasteiger charge is 2.41. The van der Waals surface area contributed by atoms with Crippen molar-refractivity contribution < 1.29 is 14.3 Å². The van der Waals surface area contributed by atoms with Gasteiger partial charge < -0.3 is 19.5 Å². The van der Waals surface area contributed by atoms with Crippen LogP contribution in [0.15, 0.2) is 78.9 Å². The molecule has 2 amide bonds. The molecule has 4 aromatic rings. The van der Waals surface area contributed by atoms with Crippen LogP contribution >= 0.6 is 0 Å². The molecule has 172 valence electrons. The van der Waals surface area contributed by atoms with Gasteiger partial charge in [0.1, 0.15) is 6.54 Å². The SMILES string of the molecule is COCCNC(=O)CN1C(=O)c2ccccc2[C@H]1c1c(-c2ccccc2)n(C)c2ccccc12. The summed E-state index contributed by atoms with van der Waals surface area (Å²) in [6.07, 6.45) is 0. The molecule has 1 aliphatic heterocycles. The van der Waals surface area contributed by atoms with Gasteiger partial charge in [0.15, 0.2) is 0 Å². The summed E-state index contributed by atoms with van der Waals surface area (Å²) in [5, 5.41) is 3.93. The lowest BCUT2D eigenvalue weighted by Gasteiger charge is -2.26. The van der Waals surface area contributed by atoms with Gasteiger partial charge >= 0.3 is 0 Å². The van der Waals surface area contributed by atoms with Crippen LogP contribution in [0.3, 0.4) is 0 Å². The molecule has 2 heterocycles. The number of rotatable bonds is 7. The van der Waals surface area contributed by atoms with Crippen LogP contribution in [0.1, 0.15) is 27.5 Å². The van der Waals surface area contributed by atoms with Crippen LogP contribution in [0.2, 0.25) is 0 Å². The molecule has 0 radical (unpaired) electrons. The first-order valence-electron chi connectivity index (χ1n) is 11.4. The number of aryl methyl sites for hydroxylation is 1. The Kier molecular flexibility index (Phi) is 5.90. The van der Waals surface area contributed by atoms with Gasteiger partial charge in [0.25, 0.3) is 5.91 Å². The topological polar surface area (TPSA) is 63.6 Å². The number of hydrogen-bond acceptors (Lipinski definition) is 3. The lowest BCUT2D eigenvalue weighted by molar-refractivity contribution is -0.122. The summed E-state index contributed by atoms with van der Waals surface area (Å²) in [4.78, 5) is 28.1. The summed E-state index contributed by atoms with van der Waals surface area (Å²) in [7, 11) is 3.65. The number of aromatic nitrogens is 1. The Morgan fingerprint density at radius 1 is 0.971 bits per heavy atom. The number of amides is 2. The van der Waals surface area contributed by atoms with Crippen LogP contribution in [0, 0.1) is 0 Å². The second kappa shape index (κ2) is 9.15. The molecule has 0 saturated heterocycles. The van der Waals surface area contributed by atoms with Crippen molar-refractivity contribution in [2.75, 3.05) is 26.8 Å². The zero-order chi connectivity index (χ0) is 23.7. The van der Waals surface area contributed by atoms with Crippen LogP contribution in [0.25, 0.3) is 22.2 Å². The summed E-state index contributed by atoms with van der Waals surface area (Å²) < 4.78 is 7.22. The molecule has 1 N–H and O–H groups in total. The van der Waals surface area contributed by atoms with Gasteiger partial charge in [0.2, 0.25) is 5.91 Å². The van der Waals surface area contributed by atoms with Crippen LogP contribution in [-0.2, 0) is 16.6 Å². The molecule has 5 rings (SSSR count). The number of nitrogens with one attached hydrogen (secondary N) is 1. The van der Waals surface area contributed by atoms with Gasteiger partial charge in [-0.05, 0) is 23.3 Å². The number of fused-ring (bicyclic) bond motifs is 2. The average Bonchev–Trinajstić information content (AvgIpc) is 3.31. The molecular weight excluding hydrogens is 426 g/mol. The standard InChI is InChI=1S/C28H27N3O3/c1-30-23-15-9-8-14-22(23)25(26(30)19-10-4-3-5-11-19)27-20-12-6-7-13-21(20)28(33)31(27)18-24(32)29-16-17-34-2/h3-15,27H,16-18H2,1-2H3,(H,29,32)/t27-/m0/s1. The number of carbonyl (C=O) groups is 2. The number of methoxy groups -OCH3 is 1. The van der Waals surface area contributed by atoms with Gasteiger partial charge in [-0.2, -0.15) is 0 Å². The van der Waals surface area contributed by atoms with E-state index >= 15 is 0 Å². The highest BCUT2D eigenvalue weighted by molar-refractivity contribution is 6.03. The van der Waals surface area contributed by atoms with Gasteiger partial charge in [0, 0.05) is 42.7 Å². The minimum atomic E-state index is -0.377. The second-order valence-electron chi connectivity index (χ2n) is 8.47. The molecule has 0 spiro atoms. The zero-order valence-corrected chi connectivity index (χ0v) is 19.3. The quantitative estimate of drug-likeness (QED) is 0.428. The van der Waals surface area contributed by atoms with Crippen molar-refractivity contribution in [1.82, 2.24) is 14.8 Å². The van der Waals surface area contributed by atoms with Crippen molar-refractivity contribution in [3.8, 4) is 11.3 Å². The fraction of sp³-hybridized carbons (Fsp3) is 0.214. The Morgan fingerprint density at radius 3 is 2.47 bits per heavy atom. The zero-order valence-electron chi connectivity index (χ0n) is 19.3. The number of hydrogen-bond donors (Lipinski definition) is 1. The van der Waals surface area contributed by atoms with E-state index in [4.69, 9.17) is 4.74 Å². The largest absolute Gasteiger partial charge is 0.383 e. The normalized spacial score (nSPS) is 15.1. The van der Waals surface area contributed by atoms with E-state index in [1.807, 2.05) is 54.6 Å². The van der Waals surface area contributed by atoms with Gasteiger partial charge in [0.05, 0.1) is 18.3 Å². The third kappa shape index (κ3) is 3.66. The first kappa shape index (κ1) is 21.9. The molecule has 3 aromatic carbocycles. The summed E-state index contributed by atoms with van der Waals surface area (Å²) >= 11 is 0. The van der Waals surface area contributed by atoms with Crippen LogP contribution in [-0.4, -0.2) is 48.1 Å². The Morgan fingerprint density at radius 2 is 1.68 bits per heavy atom. The second-order valence-corrected chi connectivity index (χ2v) is 8.47. The highest BCUT2D eigenvalue weighted by Crippen LogP contribution is 2.46. The molecular formula is C28H27N3O3. The lowest BCUT2D eigenvalue weighted by atomic mass is 9.93. The molecule has 1 aliphatic rings. The van der Waals surface area contributed by atoms with Crippen LogP contribution in [0.4, 0.5) is 0 Å². The Hall–Kier alpha value is -3.90. The molecule has 0 aliphatic carbocycles. The van der Waals surface area contributed by atoms with Crippen LogP contribution in [0.5, 0.6) is 0 Å². The van der Waals surface area contributed by atoms with Crippen molar-refractivity contribution in [2.24, 2.45) is 7.05 Å². The van der Waals surface area contributed by atoms with E-state index in [0.717, 1.165) is 33.3 Å². The van der Waals surface area contributed by atoms with E-state index in [2.05, 4.69) is 41.2 Å². The van der Waals surface area contributed by atoms with Crippen molar-refractivity contribution in [1.29, 1.82) is 0 Å². The van der Waals surface area contributed by atoms with Crippen molar-refractivity contribution >= 4 is 22.7 Å². The number of nitrogens with zero attached hydrogens (tertiary/aromatic N) is 2. The molecule has 0 unspecified atom stereocenters. The first-order valence-corrected chi connectivity index (χ1v) is 11.4. The molecule has 6 heteroatoms. The fourth-order valence-electron chi connectivity index (χ4n) is 4.99. The Labute approximate surface area is 198 Å². The molecule has 34 heavy (non-hydrogen) atoms. The number of carbonyl (C=O) groups excluding carboxylic acids is 2. The average molecular weight is 454 g/mol. The van der Waals surface area contributed by atoms with E-state index in [1.54, 1.807) is 12.0 Å². The van der Waals surface area contributed by atoms with Gasteiger partial charge in [-0.15, -0.1) is 0 Å². The summed E-state index contributed by atoms with van der Waals surface area (Å²) in [6, 6.07) is 25.7. The maximum absolute atomic E-state index is 13.6. The predicted octanol–water partition coefficient (Wildman–Crippen LogP) is 4.15. The van der Waals surface area contributed by atoms with E-state index in [1.165, 1.54) is 0 Å². The fourth-order valence-corrected chi connectivity index (χ4v) is 4.99. The van der Waals surface area contributed by atoms with Gasteiger partial charge in [-0.25, -0.2) is 0 Å². The molecule has 1 atom stereocenters. The summed E-state index contributed by atoms with van der Waals surface area (Å²) in [6.45, 7) is 0.794. The summed E-state index contributed by atoms with van der Waals surface area (Å²) in [5.41, 5.74) is 5.79. The van der Waals surface area contributed by atoms with Crippen molar-refractivity contribution in [3.63, 3.8) is 0 Å². The molecule has 0 saturated carbocycles. The maximum atomic E-state index is 13.6. The van der Waals surface area contributed by atoms with E-state index in [9.17, 15) is 9.59 Å². The summed E-state index contributed by atoms with van der Waals surface area (Å²) in [5.74, 6) is -0.334. The monoisotopic (exact) mass is 453 g/mol. The van der Waals surface area contributed by atoms with Gasteiger partial charge in [-0.1, -0.05) is 66.7 Å². The molecule has 1 aromatic heterocycles. The maximum Gasteiger partial charge on any atom is 0.255 e. The van der Waals surface area contributed by atoms with Gasteiger partial charge in [-0.3, -0.25) is 9.59 Å². The highest BCUT2D eigenvalue weighted by atomic mass is 16.5. The number of para-hydroxylation sites is 1. The predicted molar refractivity (Wildman–Crippen MR) is 133 cm³/mol. The van der Waals surface area contributed by atoms with Crippen LogP contribution < -0.4 is 5.32 Å². The smallest absolute Gasteiger partial charge is 0.255 e.